The van der Waals surface area contributed by atoms with Gasteiger partial charge in [0, 0.05) is 16.3 Å². The van der Waals surface area contributed by atoms with Crippen molar-refractivity contribution >= 4 is 23.3 Å². The van der Waals surface area contributed by atoms with Crippen LogP contribution in [0.1, 0.15) is 9.75 Å². The summed E-state index contributed by atoms with van der Waals surface area (Å²) in [6.07, 6.45) is 0.0175. The van der Waals surface area contributed by atoms with Crippen LogP contribution in [0.5, 0.6) is 0 Å². The smallest absolute Gasteiger partial charge is 0.317 e. The summed E-state index contributed by atoms with van der Waals surface area (Å²) in [6.45, 7) is 0.364. The Bertz CT molecular complexity index is 361. The Labute approximate surface area is 90.4 Å². The Morgan fingerprint density at radius 3 is 2.47 bits per heavy atom. The molecule has 0 aliphatic rings. The van der Waals surface area contributed by atoms with Gasteiger partial charge in [-0.25, -0.2) is 0 Å². The number of nitrogens with one attached hydrogen (secondary N) is 1. The number of hydrogen-bond donors (Lipinski definition) is 3. The maximum Gasteiger partial charge on any atom is 0.317 e. The van der Waals surface area contributed by atoms with E-state index in [-0.39, 0.29) is 13.0 Å². The molecule has 82 valence electrons. The first-order valence-corrected chi connectivity index (χ1v) is 5.11. The molecule has 0 aliphatic heterocycles. The van der Waals surface area contributed by atoms with Crippen LogP contribution in [0, 0.1) is 0 Å². The first-order valence-electron chi connectivity index (χ1n) is 4.30. The Hall–Kier alpha value is -1.40. The van der Waals surface area contributed by atoms with Crippen LogP contribution in [0.2, 0.25) is 0 Å². The molecule has 0 bridgehead atoms. The second-order valence-corrected chi connectivity index (χ2v) is 4.19. The van der Waals surface area contributed by atoms with Gasteiger partial charge < -0.3 is 15.5 Å². The third kappa shape index (κ3) is 4.57. The Balaban J connectivity index is 2.39. The Morgan fingerprint density at radius 2 is 1.87 bits per heavy atom. The lowest BCUT2D eigenvalue weighted by Gasteiger charge is -1.97. The molecular formula is C9H11NO4S. The van der Waals surface area contributed by atoms with E-state index in [0.29, 0.717) is 6.54 Å². The van der Waals surface area contributed by atoms with E-state index in [1.54, 1.807) is 12.1 Å². The number of aliphatic carboxylic acids is 2. The molecule has 3 N–H and O–H groups in total. The van der Waals surface area contributed by atoms with Gasteiger partial charge in [-0.15, -0.1) is 11.3 Å². The molecule has 1 rings (SSSR count). The minimum absolute atomic E-state index is 0.0175. The molecule has 0 aliphatic carbocycles. The largest absolute Gasteiger partial charge is 0.481 e. The molecule has 1 aromatic heterocycles. The van der Waals surface area contributed by atoms with Crippen LogP contribution >= 0.6 is 11.3 Å². The predicted octanol–water partition coefficient (Wildman–Crippen LogP) is 0.549. The molecule has 0 spiro atoms. The summed E-state index contributed by atoms with van der Waals surface area (Å²) in [4.78, 5) is 22.3. The Morgan fingerprint density at radius 1 is 1.20 bits per heavy atom. The van der Waals surface area contributed by atoms with Gasteiger partial charge in [-0.05, 0) is 12.1 Å². The van der Waals surface area contributed by atoms with Crippen molar-refractivity contribution in [1.29, 1.82) is 0 Å². The zero-order chi connectivity index (χ0) is 11.3. The number of thiophene rings is 1. The molecule has 0 saturated heterocycles. The fourth-order valence-electron chi connectivity index (χ4n) is 1.05. The number of rotatable bonds is 6. The number of carboxylic acid groups (broad SMARTS) is 2. The third-order valence-corrected chi connectivity index (χ3v) is 2.70. The van der Waals surface area contributed by atoms with Crippen LogP contribution in [-0.4, -0.2) is 28.7 Å². The molecular weight excluding hydrogens is 218 g/mol. The minimum atomic E-state index is -0.905. The highest BCUT2D eigenvalue weighted by atomic mass is 32.1. The second kappa shape index (κ2) is 5.47. The van der Waals surface area contributed by atoms with Gasteiger partial charge in [0.05, 0.1) is 13.0 Å². The molecule has 0 saturated carbocycles. The molecule has 1 heterocycles. The fraction of sp³-hybridized carbons (Fsp3) is 0.333. The molecule has 6 heteroatoms. The molecule has 15 heavy (non-hydrogen) atoms. The lowest BCUT2D eigenvalue weighted by atomic mass is 10.3. The van der Waals surface area contributed by atoms with Crippen LogP contribution in [0.3, 0.4) is 0 Å². The SMILES string of the molecule is O=C(O)CNCc1ccc(CC(=O)O)s1. The van der Waals surface area contributed by atoms with Crippen molar-refractivity contribution in [2.45, 2.75) is 13.0 Å². The minimum Gasteiger partial charge on any atom is -0.481 e. The number of carboxylic acids is 2. The second-order valence-electron chi connectivity index (χ2n) is 2.94. The van der Waals surface area contributed by atoms with Crippen LogP contribution in [0.25, 0.3) is 0 Å². The highest BCUT2D eigenvalue weighted by Crippen LogP contribution is 2.16. The average Bonchev–Trinajstić information content (AvgIpc) is 2.50. The van der Waals surface area contributed by atoms with Gasteiger partial charge >= 0.3 is 11.9 Å². The van der Waals surface area contributed by atoms with E-state index in [1.165, 1.54) is 11.3 Å². The lowest BCUT2D eigenvalue weighted by molar-refractivity contribution is -0.137. The quantitative estimate of drug-likeness (QED) is 0.663. The summed E-state index contributed by atoms with van der Waals surface area (Å²) in [5.41, 5.74) is 0. The summed E-state index contributed by atoms with van der Waals surface area (Å²) in [7, 11) is 0. The normalized spacial score (nSPS) is 10.1. The topological polar surface area (TPSA) is 86.6 Å². The Kier molecular flexibility index (Phi) is 4.26. The van der Waals surface area contributed by atoms with Crippen molar-refractivity contribution in [2.24, 2.45) is 0 Å². The van der Waals surface area contributed by atoms with E-state index in [0.717, 1.165) is 9.75 Å². The highest BCUT2D eigenvalue weighted by Gasteiger charge is 2.04. The van der Waals surface area contributed by atoms with Gasteiger partial charge in [0.25, 0.3) is 0 Å². The van der Waals surface area contributed by atoms with Crippen LogP contribution in [0.15, 0.2) is 12.1 Å². The van der Waals surface area contributed by atoms with Crippen molar-refractivity contribution in [3.05, 3.63) is 21.9 Å². The van der Waals surface area contributed by atoms with Gasteiger partial charge in [0.2, 0.25) is 0 Å². The summed E-state index contributed by atoms with van der Waals surface area (Å²) < 4.78 is 0. The van der Waals surface area contributed by atoms with Gasteiger partial charge in [-0.2, -0.15) is 0 Å². The number of carbonyl (C=O) groups is 2. The van der Waals surface area contributed by atoms with E-state index in [4.69, 9.17) is 10.2 Å². The van der Waals surface area contributed by atoms with Crippen LogP contribution in [-0.2, 0) is 22.6 Å². The maximum absolute atomic E-state index is 10.4. The number of hydrogen-bond acceptors (Lipinski definition) is 4. The molecule has 0 unspecified atom stereocenters. The predicted molar refractivity (Wildman–Crippen MR) is 55.0 cm³/mol. The van der Waals surface area contributed by atoms with Crippen molar-refractivity contribution in [3.8, 4) is 0 Å². The van der Waals surface area contributed by atoms with Crippen molar-refractivity contribution in [1.82, 2.24) is 5.32 Å². The van der Waals surface area contributed by atoms with E-state index >= 15 is 0 Å². The monoisotopic (exact) mass is 229 g/mol. The van der Waals surface area contributed by atoms with E-state index in [2.05, 4.69) is 5.32 Å². The fourth-order valence-corrected chi connectivity index (χ4v) is 2.03. The first kappa shape index (κ1) is 11.7. The highest BCUT2D eigenvalue weighted by molar-refractivity contribution is 7.12. The standard InChI is InChI=1S/C9H11NO4S/c11-8(12)3-6-1-2-7(15-6)4-10-5-9(13)14/h1-2,10H,3-5H2,(H,11,12)(H,13,14). The van der Waals surface area contributed by atoms with Gasteiger partial charge in [0.15, 0.2) is 0 Å². The molecule has 0 aromatic carbocycles. The van der Waals surface area contributed by atoms with E-state index in [1.807, 2.05) is 0 Å². The molecule has 0 radical (unpaired) electrons. The molecule has 0 atom stereocenters. The zero-order valence-corrected chi connectivity index (χ0v) is 8.71. The van der Waals surface area contributed by atoms with Crippen molar-refractivity contribution in [2.75, 3.05) is 6.54 Å². The van der Waals surface area contributed by atoms with Crippen LogP contribution in [0.4, 0.5) is 0 Å². The summed E-state index contributed by atoms with van der Waals surface area (Å²) in [5, 5.41) is 19.6. The van der Waals surface area contributed by atoms with Crippen LogP contribution < -0.4 is 5.32 Å². The molecule has 0 amide bonds. The molecule has 0 fully saturated rings. The average molecular weight is 229 g/mol. The van der Waals surface area contributed by atoms with Crippen molar-refractivity contribution < 1.29 is 19.8 Å². The molecule has 5 nitrogen and oxygen atoms in total. The maximum atomic E-state index is 10.4. The van der Waals surface area contributed by atoms with Gasteiger partial charge in [-0.3, -0.25) is 9.59 Å². The molecule has 1 aromatic rings. The van der Waals surface area contributed by atoms with Crippen molar-refractivity contribution in [3.63, 3.8) is 0 Å². The van der Waals surface area contributed by atoms with E-state index in [9.17, 15) is 9.59 Å². The summed E-state index contributed by atoms with van der Waals surface area (Å²) in [5.74, 6) is -1.76. The summed E-state index contributed by atoms with van der Waals surface area (Å²) in [6, 6.07) is 3.55. The lowest BCUT2D eigenvalue weighted by Crippen LogP contribution is -2.21. The first-order chi connectivity index (χ1) is 7.08. The van der Waals surface area contributed by atoms with Gasteiger partial charge in [0.1, 0.15) is 0 Å². The summed E-state index contributed by atoms with van der Waals surface area (Å²) >= 11 is 1.38. The van der Waals surface area contributed by atoms with Gasteiger partial charge in [-0.1, -0.05) is 0 Å². The third-order valence-electron chi connectivity index (χ3n) is 1.62. The zero-order valence-electron chi connectivity index (χ0n) is 7.90. The van der Waals surface area contributed by atoms with E-state index < -0.39 is 11.9 Å².